The van der Waals surface area contributed by atoms with Gasteiger partial charge in [-0.2, -0.15) is 9.89 Å². The highest BCUT2D eigenvalue weighted by Crippen LogP contribution is 2.34. The fourth-order valence-electron chi connectivity index (χ4n) is 6.21. The number of ether oxygens (including phenoxy) is 1. The van der Waals surface area contributed by atoms with Crippen molar-refractivity contribution in [3.63, 3.8) is 0 Å². The van der Waals surface area contributed by atoms with E-state index in [1.165, 1.54) is 21.9 Å². The topological polar surface area (TPSA) is 78.7 Å². The molecule has 0 saturated carbocycles. The summed E-state index contributed by atoms with van der Waals surface area (Å²) in [5.74, 6) is 0.232. The Kier molecular flexibility index (Phi) is 7.42. The molecule has 8 nitrogen and oxygen atoms in total. The molecule has 4 aromatic rings. The standard InChI is InChI=1S/C31H40N6O2/c1-21-4-6-25-26(18-21)22(2)19-28-31(25)29(20-27-30(38)7-5-23(3)33-27)37(34-28)36(24-8-10-32-11-9-24)13-12-35-14-16-39-17-15-35/h4-7,18-19,24,32,38H,8-17,20H2,1-3H3. The molecule has 0 radical (unpaired) electrons. The molecule has 2 aliphatic heterocycles. The van der Waals surface area contributed by atoms with E-state index in [9.17, 15) is 5.11 Å². The second kappa shape index (κ2) is 11.1. The van der Waals surface area contributed by atoms with Gasteiger partial charge in [0.1, 0.15) is 5.75 Å². The second-order valence-electron chi connectivity index (χ2n) is 11.2. The number of hydrogen-bond donors (Lipinski definition) is 2. The van der Waals surface area contributed by atoms with Crippen LogP contribution in [0.2, 0.25) is 0 Å². The number of fused-ring (bicyclic) bond motifs is 3. The van der Waals surface area contributed by atoms with Crippen LogP contribution in [0.3, 0.4) is 0 Å². The summed E-state index contributed by atoms with van der Waals surface area (Å²) in [6.45, 7) is 13.7. The average Bonchev–Trinajstić information content (AvgIpc) is 3.29. The highest BCUT2D eigenvalue weighted by Gasteiger charge is 2.28. The number of nitrogens with zero attached hydrogens (tertiary/aromatic N) is 5. The molecule has 0 unspecified atom stereocenters. The lowest BCUT2D eigenvalue weighted by Crippen LogP contribution is -2.53. The van der Waals surface area contributed by atoms with E-state index in [0.717, 1.165) is 87.6 Å². The van der Waals surface area contributed by atoms with Gasteiger partial charge in [0.2, 0.25) is 0 Å². The molecule has 2 saturated heterocycles. The normalized spacial score (nSPS) is 17.3. The maximum Gasteiger partial charge on any atom is 0.137 e. The number of morpholine rings is 1. The molecule has 6 rings (SSSR count). The van der Waals surface area contributed by atoms with Crippen LogP contribution in [0.25, 0.3) is 21.7 Å². The third-order valence-corrected chi connectivity index (χ3v) is 8.36. The van der Waals surface area contributed by atoms with Crippen molar-refractivity contribution in [1.29, 1.82) is 0 Å². The Bertz CT molecular complexity index is 1470. The fourth-order valence-corrected chi connectivity index (χ4v) is 6.21. The fraction of sp³-hybridized carbons (Fsp3) is 0.484. The van der Waals surface area contributed by atoms with Crippen LogP contribution >= 0.6 is 0 Å². The van der Waals surface area contributed by atoms with Crippen molar-refractivity contribution in [2.75, 3.05) is 57.5 Å². The molecule has 2 fully saturated rings. The number of hydrogen-bond acceptors (Lipinski definition) is 7. The molecule has 0 atom stereocenters. The highest BCUT2D eigenvalue weighted by atomic mass is 16.5. The molecule has 2 aromatic heterocycles. The first-order valence-corrected chi connectivity index (χ1v) is 14.3. The summed E-state index contributed by atoms with van der Waals surface area (Å²) >= 11 is 0. The van der Waals surface area contributed by atoms with E-state index in [-0.39, 0.29) is 5.75 Å². The Labute approximate surface area is 230 Å². The Morgan fingerprint density at radius 2 is 1.82 bits per heavy atom. The highest BCUT2D eigenvalue weighted by molar-refractivity contribution is 6.09. The lowest BCUT2D eigenvalue weighted by atomic mass is 9.97. The van der Waals surface area contributed by atoms with E-state index in [0.29, 0.717) is 18.2 Å². The lowest BCUT2D eigenvalue weighted by molar-refractivity contribution is 0.0381. The molecule has 2 aromatic carbocycles. The molecule has 0 bridgehead atoms. The summed E-state index contributed by atoms with van der Waals surface area (Å²) in [5.41, 5.74) is 6.16. The SMILES string of the molecule is Cc1ccc2c(c1)c(C)cc1nn(N(CCN3CCOCC3)C3CCNCC3)c(Cc3nc(C)ccc3O)c12. The van der Waals surface area contributed by atoms with Crippen molar-refractivity contribution in [2.45, 2.75) is 46.1 Å². The van der Waals surface area contributed by atoms with Gasteiger partial charge in [0.25, 0.3) is 0 Å². The third kappa shape index (κ3) is 5.33. The molecular weight excluding hydrogens is 488 g/mol. The quantitative estimate of drug-likeness (QED) is 0.378. The Morgan fingerprint density at radius 1 is 1.03 bits per heavy atom. The lowest BCUT2D eigenvalue weighted by Gasteiger charge is -2.38. The maximum atomic E-state index is 10.8. The van der Waals surface area contributed by atoms with E-state index in [1.807, 2.05) is 13.0 Å². The van der Waals surface area contributed by atoms with Crippen LogP contribution in [0, 0.1) is 20.8 Å². The van der Waals surface area contributed by atoms with E-state index in [2.05, 4.69) is 58.1 Å². The summed E-state index contributed by atoms with van der Waals surface area (Å²) in [5, 5.41) is 25.8. The van der Waals surface area contributed by atoms with Crippen molar-refractivity contribution >= 4 is 21.7 Å². The molecule has 4 heterocycles. The second-order valence-corrected chi connectivity index (χ2v) is 11.2. The summed E-state index contributed by atoms with van der Waals surface area (Å²) in [4.78, 5) is 9.44. The molecule has 0 spiro atoms. The largest absolute Gasteiger partial charge is 0.506 e. The van der Waals surface area contributed by atoms with Gasteiger partial charge in [-0.25, -0.2) is 0 Å². The zero-order valence-corrected chi connectivity index (χ0v) is 23.4. The smallest absolute Gasteiger partial charge is 0.137 e. The molecule has 206 valence electrons. The van der Waals surface area contributed by atoms with Gasteiger partial charge in [0, 0.05) is 49.7 Å². The van der Waals surface area contributed by atoms with Gasteiger partial charge in [0.05, 0.1) is 30.1 Å². The predicted octanol–water partition coefficient (Wildman–Crippen LogP) is 3.83. The molecule has 2 aliphatic rings. The van der Waals surface area contributed by atoms with Crippen LogP contribution < -0.4 is 10.3 Å². The van der Waals surface area contributed by atoms with Crippen molar-refractivity contribution < 1.29 is 9.84 Å². The summed E-state index contributed by atoms with van der Waals surface area (Å²) in [7, 11) is 0. The molecule has 2 N–H and O–H groups in total. The zero-order chi connectivity index (χ0) is 26.9. The number of benzene rings is 2. The molecule has 8 heteroatoms. The minimum absolute atomic E-state index is 0.232. The van der Waals surface area contributed by atoms with Gasteiger partial charge in [-0.3, -0.25) is 14.9 Å². The van der Waals surface area contributed by atoms with Crippen molar-refractivity contribution in [1.82, 2.24) is 25.1 Å². The van der Waals surface area contributed by atoms with E-state index >= 15 is 0 Å². The number of piperidine rings is 1. The van der Waals surface area contributed by atoms with Gasteiger partial charge in [-0.15, -0.1) is 0 Å². The minimum atomic E-state index is 0.232. The van der Waals surface area contributed by atoms with Crippen LogP contribution in [0.15, 0.2) is 36.4 Å². The van der Waals surface area contributed by atoms with Crippen LogP contribution in [0.1, 0.15) is 41.1 Å². The minimum Gasteiger partial charge on any atom is -0.506 e. The van der Waals surface area contributed by atoms with Gasteiger partial charge >= 0.3 is 0 Å². The van der Waals surface area contributed by atoms with Crippen LogP contribution in [-0.4, -0.2) is 83.4 Å². The number of aromatic hydroxyl groups is 1. The van der Waals surface area contributed by atoms with Gasteiger partial charge in [0.15, 0.2) is 0 Å². The first kappa shape index (κ1) is 26.0. The zero-order valence-electron chi connectivity index (χ0n) is 23.4. The number of rotatable bonds is 7. The van der Waals surface area contributed by atoms with E-state index in [4.69, 9.17) is 14.8 Å². The molecular formula is C31H40N6O2. The first-order valence-electron chi connectivity index (χ1n) is 14.3. The van der Waals surface area contributed by atoms with Gasteiger partial charge in [-0.1, -0.05) is 23.8 Å². The summed E-state index contributed by atoms with van der Waals surface area (Å²) in [6, 6.07) is 12.9. The van der Waals surface area contributed by atoms with Gasteiger partial charge in [-0.05, 0) is 81.2 Å². The van der Waals surface area contributed by atoms with E-state index < -0.39 is 0 Å². The number of aromatic nitrogens is 3. The van der Waals surface area contributed by atoms with Crippen molar-refractivity contribution in [3.8, 4) is 5.75 Å². The molecule has 0 amide bonds. The Morgan fingerprint density at radius 3 is 2.62 bits per heavy atom. The molecule has 0 aliphatic carbocycles. The number of aryl methyl sites for hydroxylation is 3. The first-order chi connectivity index (χ1) is 19.0. The van der Waals surface area contributed by atoms with Crippen LogP contribution in [-0.2, 0) is 11.2 Å². The van der Waals surface area contributed by atoms with Crippen LogP contribution in [0.5, 0.6) is 5.75 Å². The van der Waals surface area contributed by atoms with Crippen molar-refractivity contribution in [3.05, 3.63) is 64.6 Å². The third-order valence-electron chi connectivity index (χ3n) is 8.36. The summed E-state index contributed by atoms with van der Waals surface area (Å²) < 4.78 is 5.60. The number of pyridine rings is 1. The summed E-state index contributed by atoms with van der Waals surface area (Å²) in [6.07, 6.45) is 2.66. The Hall–Kier alpha value is -3.20. The average molecular weight is 529 g/mol. The van der Waals surface area contributed by atoms with E-state index in [1.54, 1.807) is 6.07 Å². The predicted molar refractivity (Wildman–Crippen MR) is 156 cm³/mol. The number of nitrogens with one attached hydrogen (secondary N) is 1. The Balaban J connectivity index is 1.52. The van der Waals surface area contributed by atoms with Gasteiger partial charge < -0.3 is 15.2 Å². The monoisotopic (exact) mass is 528 g/mol. The molecule has 39 heavy (non-hydrogen) atoms. The van der Waals surface area contributed by atoms with Crippen LogP contribution in [0.4, 0.5) is 0 Å². The van der Waals surface area contributed by atoms with Crippen molar-refractivity contribution in [2.24, 2.45) is 0 Å². The maximum absolute atomic E-state index is 10.8.